The van der Waals surface area contributed by atoms with E-state index >= 15 is 0 Å². The lowest BCUT2D eigenvalue weighted by atomic mass is 10.1. The van der Waals surface area contributed by atoms with E-state index in [9.17, 15) is 13.2 Å². The van der Waals surface area contributed by atoms with Crippen molar-refractivity contribution in [2.24, 2.45) is 0 Å². The molecule has 90 valence electrons. The SMILES string of the molecule is C=CC(C)Nc1ccc(C(F)(F)F)cc1C#N. The van der Waals surface area contributed by atoms with Crippen molar-refractivity contribution in [2.75, 3.05) is 5.32 Å². The highest BCUT2D eigenvalue weighted by molar-refractivity contribution is 5.59. The molecule has 0 aliphatic carbocycles. The first kappa shape index (κ1) is 13.1. The molecule has 1 unspecified atom stereocenters. The molecule has 1 N–H and O–H groups in total. The van der Waals surface area contributed by atoms with E-state index in [0.717, 1.165) is 12.1 Å². The maximum Gasteiger partial charge on any atom is 0.416 e. The monoisotopic (exact) mass is 240 g/mol. The molecule has 0 radical (unpaired) electrons. The minimum absolute atomic E-state index is 0.0338. The van der Waals surface area contributed by atoms with Crippen molar-refractivity contribution in [1.29, 1.82) is 5.26 Å². The summed E-state index contributed by atoms with van der Waals surface area (Å²) in [7, 11) is 0. The Morgan fingerprint density at radius 2 is 2.12 bits per heavy atom. The van der Waals surface area contributed by atoms with E-state index in [1.54, 1.807) is 19.1 Å². The summed E-state index contributed by atoms with van der Waals surface area (Å²) in [6.45, 7) is 5.33. The van der Waals surface area contributed by atoms with Gasteiger partial charge in [0.05, 0.1) is 16.8 Å². The third kappa shape index (κ3) is 3.25. The van der Waals surface area contributed by atoms with Crippen molar-refractivity contribution in [2.45, 2.75) is 19.1 Å². The predicted octanol–water partition coefficient (Wildman–Crippen LogP) is 3.56. The Morgan fingerprint density at radius 1 is 1.47 bits per heavy atom. The third-order valence-electron chi connectivity index (χ3n) is 2.20. The van der Waals surface area contributed by atoms with Gasteiger partial charge in [-0.3, -0.25) is 0 Å². The Labute approximate surface area is 97.4 Å². The number of nitriles is 1. The molecule has 1 atom stereocenters. The largest absolute Gasteiger partial charge is 0.416 e. The van der Waals surface area contributed by atoms with E-state index in [-0.39, 0.29) is 11.6 Å². The van der Waals surface area contributed by atoms with Gasteiger partial charge in [0.1, 0.15) is 6.07 Å². The smallest absolute Gasteiger partial charge is 0.378 e. The molecule has 0 saturated carbocycles. The third-order valence-corrected chi connectivity index (χ3v) is 2.20. The molecule has 5 heteroatoms. The zero-order chi connectivity index (χ0) is 13.1. The number of halogens is 3. The number of rotatable bonds is 3. The Kier molecular flexibility index (Phi) is 3.79. The molecule has 1 aromatic carbocycles. The van der Waals surface area contributed by atoms with Crippen molar-refractivity contribution in [3.8, 4) is 6.07 Å². The number of hydrogen-bond acceptors (Lipinski definition) is 2. The molecular weight excluding hydrogens is 229 g/mol. The van der Waals surface area contributed by atoms with Crippen molar-refractivity contribution >= 4 is 5.69 Å². The van der Waals surface area contributed by atoms with E-state index in [1.807, 2.05) is 0 Å². The minimum Gasteiger partial charge on any atom is -0.378 e. The van der Waals surface area contributed by atoms with Gasteiger partial charge in [0.15, 0.2) is 0 Å². The molecule has 2 nitrogen and oxygen atoms in total. The molecular formula is C12H11F3N2. The lowest BCUT2D eigenvalue weighted by molar-refractivity contribution is -0.137. The average molecular weight is 240 g/mol. The van der Waals surface area contributed by atoms with Crippen LogP contribution in [0.5, 0.6) is 0 Å². The van der Waals surface area contributed by atoms with E-state index in [4.69, 9.17) is 5.26 Å². The fourth-order valence-corrected chi connectivity index (χ4v) is 1.24. The molecule has 0 heterocycles. The Hall–Kier alpha value is -1.96. The van der Waals surface area contributed by atoms with Crippen LogP contribution in [0.15, 0.2) is 30.9 Å². The summed E-state index contributed by atoms with van der Waals surface area (Å²) in [6.07, 6.45) is -2.84. The van der Waals surface area contributed by atoms with E-state index in [0.29, 0.717) is 5.69 Å². The van der Waals surface area contributed by atoms with Gasteiger partial charge in [0.25, 0.3) is 0 Å². The molecule has 0 amide bonds. The number of nitrogens with one attached hydrogen (secondary N) is 1. The normalized spacial score (nSPS) is 12.6. The van der Waals surface area contributed by atoms with Gasteiger partial charge in [0, 0.05) is 6.04 Å². The molecule has 0 aliphatic heterocycles. The van der Waals surface area contributed by atoms with Crippen molar-refractivity contribution in [3.05, 3.63) is 42.0 Å². The minimum atomic E-state index is -4.44. The van der Waals surface area contributed by atoms with E-state index in [2.05, 4.69) is 11.9 Å². The van der Waals surface area contributed by atoms with Crippen LogP contribution in [0.4, 0.5) is 18.9 Å². The van der Waals surface area contributed by atoms with Crippen LogP contribution in [0.2, 0.25) is 0 Å². The number of hydrogen-bond donors (Lipinski definition) is 1. The molecule has 17 heavy (non-hydrogen) atoms. The Morgan fingerprint density at radius 3 is 2.59 bits per heavy atom. The molecule has 0 fully saturated rings. The topological polar surface area (TPSA) is 35.8 Å². The highest BCUT2D eigenvalue weighted by Crippen LogP contribution is 2.31. The van der Waals surface area contributed by atoms with Gasteiger partial charge in [-0.15, -0.1) is 6.58 Å². The van der Waals surface area contributed by atoms with Gasteiger partial charge in [-0.1, -0.05) is 6.08 Å². The van der Waals surface area contributed by atoms with E-state index < -0.39 is 11.7 Å². The van der Waals surface area contributed by atoms with Gasteiger partial charge < -0.3 is 5.32 Å². The number of benzene rings is 1. The maximum atomic E-state index is 12.4. The molecule has 0 bridgehead atoms. The summed E-state index contributed by atoms with van der Waals surface area (Å²) >= 11 is 0. The summed E-state index contributed by atoms with van der Waals surface area (Å²) in [4.78, 5) is 0. The number of nitrogens with zero attached hydrogens (tertiary/aromatic N) is 1. The summed E-state index contributed by atoms with van der Waals surface area (Å²) in [5, 5.41) is 11.7. The predicted molar refractivity (Wildman–Crippen MR) is 59.4 cm³/mol. The van der Waals surface area contributed by atoms with Crippen LogP contribution in [0, 0.1) is 11.3 Å². The highest BCUT2D eigenvalue weighted by atomic mass is 19.4. The standard InChI is InChI=1S/C12H11F3N2/c1-3-8(2)17-11-5-4-10(12(13,14)15)6-9(11)7-16/h3-6,8,17H,1H2,2H3. The second-order valence-corrected chi connectivity index (χ2v) is 3.54. The fourth-order valence-electron chi connectivity index (χ4n) is 1.24. The van der Waals surface area contributed by atoms with Crippen LogP contribution < -0.4 is 5.32 Å². The van der Waals surface area contributed by atoms with Crippen LogP contribution in [0.25, 0.3) is 0 Å². The lowest BCUT2D eigenvalue weighted by Gasteiger charge is -2.14. The van der Waals surface area contributed by atoms with Gasteiger partial charge >= 0.3 is 6.18 Å². The fraction of sp³-hybridized carbons (Fsp3) is 0.250. The number of alkyl halides is 3. The Bertz CT molecular complexity index is 458. The summed E-state index contributed by atoms with van der Waals surface area (Å²) < 4.78 is 37.3. The van der Waals surface area contributed by atoms with E-state index in [1.165, 1.54) is 6.07 Å². The summed E-state index contributed by atoms with van der Waals surface area (Å²) in [5.41, 5.74) is -0.493. The van der Waals surface area contributed by atoms with Crippen LogP contribution in [-0.4, -0.2) is 6.04 Å². The van der Waals surface area contributed by atoms with Crippen molar-refractivity contribution in [1.82, 2.24) is 0 Å². The first-order chi connectivity index (χ1) is 7.88. The first-order valence-corrected chi connectivity index (χ1v) is 4.89. The molecule has 0 aromatic heterocycles. The Balaban J connectivity index is 3.11. The molecule has 1 aromatic rings. The zero-order valence-electron chi connectivity index (χ0n) is 9.17. The van der Waals surface area contributed by atoms with Gasteiger partial charge in [0.2, 0.25) is 0 Å². The van der Waals surface area contributed by atoms with Crippen LogP contribution in [0.1, 0.15) is 18.1 Å². The van der Waals surface area contributed by atoms with Crippen molar-refractivity contribution < 1.29 is 13.2 Å². The van der Waals surface area contributed by atoms with Crippen LogP contribution >= 0.6 is 0 Å². The second kappa shape index (κ2) is 4.91. The number of anilines is 1. The molecule has 0 aliphatic rings. The van der Waals surface area contributed by atoms with Crippen LogP contribution in [0.3, 0.4) is 0 Å². The molecule has 1 rings (SSSR count). The second-order valence-electron chi connectivity index (χ2n) is 3.54. The molecule has 0 spiro atoms. The van der Waals surface area contributed by atoms with Gasteiger partial charge in [-0.05, 0) is 25.1 Å². The first-order valence-electron chi connectivity index (χ1n) is 4.89. The summed E-state index contributed by atoms with van der Waals surface area (Å²) in [5.74, 6) is 0. The lowest BCUT2D eigenvalue weighted by Crippen LogP contribution is -2.13. The molecule has 0 saturated heterocycles. The van der Waals surface area contributed by atoms with Crippen LogP contribution in [-0.2, 0) is 6.18 Å². The van der Waals surface area contributed by atoms with Gasteiger partial charge in [-0.2, -0.15) is 18.4 Å². The van der Waals surface area contributed by atoms with Gasteiger partial charge in [-0.25, -0.2) is 0 Å². The maximum absolute atomic E-state index is 12.4. The zero-order valence-corrected chi connectivity index (χ0v) is 9.17. The highest BCUT2D eigenvalue weighted by Gasteiger charge is 2.31. The van der Waals surface area contributed by atoms with Crippen molar-refractivity contribution in [3.63, 3.8) is 0 Å². The average Bonchev–Trinajstić information content (AvgIpc) is 2.27. The quantitative estimate of drug-likeness (QED) is 0.820. The summed E-state index contributed by atoms with van der Waals surface area (Å²) in [6, 6.07) is 4.64.